The van der Waals surface area contributed by atoms with E-state index in [2.05, 4.69) is 22.9 Å². The van der Waals surface area contributed by atoms with Gasteiger partial charge in [0.25, 0.3) is 0 Å². The fourth-order valence-corrected chi connectivity index (χ4v) is 3.46. The van der Waals surface area contributed by atoms with Crippen molar-refractivity contribution in [1.29, 1.82) is 0 Å². The van der Waals surface area contributed by atoms with E-state index >= 15 is 0 Å². The van der Waals surface area contributed by atoms with Crippen LogP contribution < -0.4 is 0 Å². The third kappa shape index (κ3) is 2.10. The molecular weight excluding hydrogens is 255 g/mol. The van der Waals surface area contributed by atoms with Crippen LogP contribution >= 0.6 is 15.9 Å². The number of aryl methyl sites for hydroxylation is 1. The molecule has 0 saturated heterocycles. The molecule has 2 unspecified atom stereocenters. The van der Waals surface area contributed by atoms with Crippen molar-refractivity contribution >= 4 is 15.9 Å². The third-order valence-electron chi connectivity index (χ3n) is 3.45. The van der Waals surface area contributed by atoms with Crippen molar-refractivity contribution in [1.82, 2.24) is 0 Å². The highest BCUT2D eigenvalue weighted by molar-refractivity contribution is 9.09. The zero-order valence-electron chi connectivity index (χ0n) is 9.19. The van der Waals surface area contributed by atoms with E-state index in [4.69, 9.17) is 0 Å². The maximum absolute atomic E-state index is 13.8. The van der Waals surface area contributed by atoms with Gasteiger partial charge < -0.3 is 0 Å². The zero-order valence-corrected chi connectivity index (χ0v) is 10.8. The van der Waals surface area contributed by atoms with Gasteiger partial charge >= 0.3 is 0 Å². The predicted molar refractivity (Wildman–Crippen MR) is 65.1 cm³/mol. The molecule has 2 atom stereocenters. The number of alkyl halides is 1. The Morgan fingerprint density at radius 1 is 1.47 bits per heavy atom. The molecule has 2 heteroatoms. The van der Waals surface area contributed by atoms with Crippen LogP contribution in [0.3, 0.4) is 0 Å². The summed E-state index contributed by atoms with van der Waals surface area (Å²) in [7, 11) is 0. The standard InChI is InChI=1S/C13H16BrF/c1-9-3-4-12(15)11(7-9)13(2)6-5-10(14)8-13/h3-4,7,10H,5-6,8H2,1-2H3. The van der Waals surface area contributed by atoms with E-state index in [0.29, 0.717) is 4.83 Å². The van der Waals surface area contributed by atoms with E-state index in [1.807, 2.05) is 19.1 Å². The number of hydrogen-bond donors (Lipinski definition) is 0. The van der Waals surface area contributed by atoms with Crippen LogP contribution in [0.5, 0.6) is 0 Å². The lowest BCUT2D eigenvalue weighted by Crippen LogP contribution is -2.19. The maximum atomic E-state index is 13.8. The van der Waals surface area contributed by atoms with Crippen LogP contribution in [0.2, 0.25) is 0 Å². The normalized spacial score (nSPS) is 30.8. The third-order valence-corrected chi connectivity index (χ3v) is 4.24. The summed E-state index contributed by atoms with van der Waals surface area (Å²) in [6.45, 7) is 4.19. The second-order valence-electron chi connectivity index (χ2n) is 4.88. The van der Waals surface area contributed by atoms with Gasteiger partial charge in [0.2, 0.25) is 0 Å². The molecule has 0 aromatic heterocycles. The highest BCUT2D eigenvalue weighted by atomic mass is 79.9. The summed E-state index contributed by atoms with van der Waals surface area (Å²) in [5.74, 6) is -0.0512. The summed E-state index contributed by atoms with van der Waals surface area (Å²) in [5, 5.41) is 0. The SMILES string of the molecule is Cc1ccc(F)c(C2(C)CCC(Br)C2)c1. The van der Waals surface area contributed by atoms with E-state index in [1.54, 1.807) is 6.07 Å². The molecule has 0 aliphatic heterocycles. The molecule has 0 radical (unpaired) electrons. The lowest BCUT2D eigenvalue weighted by Gasteiger charge is -2.25. The zero-order chi connectivity index (χ0) is 11.1. The Kier molecular flexibility index (Phi) is 2.89. The van der Waals surface area contributed by atoms with Crippen molar-refractivity contribution < 1.29 is 4.39 Å². The molecule has 1 saturated carbocycles. The molecule has 2 rings (SSSR count). The van der Waals surface area contributed by atoms with Gasteiger partial charge in [-0.3, -0.25) is 0 Å². The average molecular weight is 271 g/mol. The lowest BCUT2D eigenvalue weighted by molar-refractivity contribution is 0.458. The second kappa shape index (κ2) is 3.89. The minimum absolute atomic E-state index is 0.0181. The maximum Gasteiger partial charge on any atom is 0.126 e. The lowest BCUT2D eigenvalue weighted by atomic mass is 9.80. The van der Waals surface area contributed by atoms with Gasteiger partial charge in [-0.1, -0.05) is 40.5 Å². The first-order valence-corrected chi connectivity index (χ1v) is 6.33. The molecular formula is C13H16BrF. The first-order chi connectivity index (χ1) is 7.01. The quantitative estimate of drug-likeness (QED) is 0.666. The molecule has 0 spiro atoms. The van der Waals surface area contributed by atoms with E-state index in [-0.39, 0.29) is 11.2 Å². The van der Waals surface area contributed by atoms with Crippen LogP contribution in [0.25, 0.3) is 0 Å². The van der Waals surface area contributed by atoms with Gasteiger partial charge in [-0.15, -0.1) is 0 Å². The Hall–Kier alpha value is -0.370. The Bertz CT molecular complexity index is 375. The molecule has 0 heterocycles. The molecule has 1 aromatic carbocycles. The molecule has 1 aliphatic rings. The predicted octanol–water partition coefficient (Wildman–Crippen LogP) is 4.34. The molecule has 0 N–H and O–H groups in total. The van der Waals surface area contributed by atoms with Crippen LogP contribution in [0.1, 0.15) is 37.3 Å². The van der Waals surface area contributed by atoms with E-state index < -0.39 is 0 Å². The summed E-state index contributed by atoms with van der Waals surface area (Å²) >= 11 is 3.63. The minimum atomic E-state index is -0.0512. The van der Waals surface area contributed by atoms with Crippen LogP contribution in [0, 0.1) is 12.7 Å². The molecule has 1 aromatic rings. The van der Waals surface area contributed by atoms with Crippen LogP contribution in [0.4, 0.5) is 4.39 Å². The summed E-state index contributed by atoms with van der Waals surface area (Å²) in [6, 6.07) is 5.43. The number of benzene rings is 1. The van der Waals surface area contributed by atoms with Gasteiger partial charge in [-0.05, 0) is 43.2 Å². The van der Waals surface area contributed by atoms with Gasteiger partial charge in [0.05, 0.1) is 0 Å². The van der Waals surface area contributed by atoms with Crippen LogP contribution in [-0.4, -0.2) is 4.83 Å². The van der Waals surface area contributed by atoms with Gasteiger partial charge in [0, 0.05) is 4.83 Å². The monoisotopic (exact) mass is 270 g/mol. The first kappa shape index (κ1) is 11.1. The molecule has 82 valence electrons. The largest absolute Gasteiger partial charge is 0.207 e. The van der Waals surface area contributed by atoms with E-state index in [1.165, 1.54) is 0 Å². The molecule has 1 aliphatic carbocycles. The average Bonchev–Trinajstić information content (AvgIpc) is 2.52. The van der Waals surface area contributed by atoms with Crippen LogP contribution in [-0.2, 0) is 5.41 Å². The fourth-order valence-electron chi connectivity index (χ4n) is 2.51. The second-order valence-corrected chi connectivity index (χ2v) is 6.18. The number of rotatable bonds is 1. The van der Waals surface area contributed by atoms with Crippen LogP contribution in [0.15, 0.2) is 18.2 Å². The van der Waals surface area contributed by atoms with Gasteiger partial charge in [0.1, 0.15) is 5.82 Å². The van der Waals surface area contributed by atoms with Gasteiger partial charge in [-0.2, -0.15) is 0 Å². The van der Waals surface area contributed by atoms with Crippen molar-refractivity contribution in [3.05, 3.63) is 35.1 Å². The summed E-state index contributed by atoms with van der Waals surface area (Å²) in [5.41, 5.74) is 2.06. The molecule has 0 bridgehead atoms. The van der Waals surface area contributed by atoms with Crippen molar-refractivity contribution in [2.75, 3.05) is 0 Å². The van der Waals surface area contributed by atoms with Gasteiger partial charge in [-0.25, -0.2) is 4.39 Å². The minimum Gasteiger partial charge on any atom is -0.207 e. The Labute approximate surface area is 99.0 Å². The van der Waals surface area contributed by atoms with Crippen molar-refractivity contribution in [3.8, 4) is 0 Å². The Balaban J connectivity index is 2.40. The van der Waals surface area contributed by atoms with Crippen molar-refractivity contribution in [2.24, 2.45) is 0 Å². The van der Waals surface area contributed by atoms with Crippen molar-refractivity contribution in [3.63, 3.8) is 0 Å². The summed E-state index contributed by atoms with van der Waals surface area (Å²) < 4.78 is 13.8. The first-order valence-electron chi connectivity index (χ1n) is 5.42. The molecule has 0 amide bonds. The number of halogens is 2. The van der Waals surface area contributed by atoms with E-state index in [9.17, 15) is 4.39 Å². The fraction of sp³-hybridized carbons (Fsp3) is 0.538. The summed E-state index contributed by atoms with van der Waals surface area (Å²) in [4.78, 5) is 0.544. The smallest absolute Gasteiger partial charge is 0.126 e. The number of hydrogen-bond acceptors (Lipinski definition) is 0. The Morgan fingerprint density at radius 2 is 2.20 bits per heavy atom. The Morgan fingerprint density at radius 3 is 2.80 bits per heavy atom. The van der Waals surface area contributed by atoms with Gasteiger partial charge in [0.15, 0.2) is 0 Å². The molecule has 0 nitrogen and oxygen atoms in total. The topological polar surface area (TPSA) is 0 Å². The van der Waals surface area contributed by atoms with Crippen molar-refractivity contribution in [2.45, 2.75) is 43.4 Å². The molecule has 15 heavy (non-hydrogen) atoms. The summed E-state index contributed by atoms with van der Waals surface area (Å²) in [6.07, 6.45) is 3.25. The van der Waals surface area contributed by atoms with E-state index in [0.717, 1.165) is 30.4 Å². The highest BCUT2D eigenvalue weighted by Crippen LogP contribution is 2.44. The molecule has 1 fully saturated rings. The highest BCUT2D eigenvalue weighted by Gasteiger charge is 2.37.